The van der Waals surface area contributed by atoms with Crippen LogP contribution in [0.25, 0.3) is 0 Å². The average Bonchev–Trinajstić information content (AvgIpc) is 2.77. The van der Waals surface area contributed by atoms with Crippen LogP contribution in [0.3, 0.4) is 0 Å². The summed E-state index contributed by atoms with van der Waals surface area (Å²) in [7, 11) is -3.35. The van der Waals surface area contributed by atoms with Gasteiger partial charge in [-0.1, -0.05) is 25.8 Å². The first kappa shape index (κ1) is 15.0. The molecule has 2 heterocycles. The Morgan fingerprint density at radius 3 is 2.53 bits per heavy atom. The maximum atomic E-state index is 12.4. The lowest BCUT2D eigenvalue weighted by molar-refractivity contribution is 0.407. The fraction of sp³-hybridized carbons (Fsp3) is 0.692. The van der Waals surface area contributed by atoms with Crippen molar-refractivity contribution in [1.82, 2.24) is 9.03 Å². The van der Waals surface area contributed by atoms with E-state index in [1.165, 1.54) is 0 Å². The summed E-state index contributed by atoms with van der Waals surface area (Å²) in [5, 5.41) is 1.98. The van der Waals surface area contributed by atoms with Gasteiger partial charge >= 0.3 is 0 Å². The summed E-state index contributed by atoms with van der Waals surface area (Å²) in [4.78, 5) is 1.08. The Morgan fingerprint density at radius 1 is 1.32 bits per heavy atom. The molecule has 0 amide bonds. The number of thiophene rings is 1. The van der Waals surface area contributed by atoms with Gasteiger partial charge in [0.1, 0.15) is 0 Å². The fourth-order valence-corrected chi connectivity index (χ4v) is 4.85. The topological polar surface area (TPSA) is 49.4 Å². The molecule has 4 nitrogen and oxygen atoms in total. The minimum Gasteiger partial charge on any atom is -0.195 e. The summed E-state index contributed by atoms with van der Waals surface area (Å²) in [6.07, 6.45) is 4.98. The first-order valence-electron chi connectivity index (χ1n) is 6.94. The van der Waals surface area contributed by atoms with Crippen LogP contribution in [0.4, 0.5) is 0 Å². The highest BCUT2D eigenvalue weighted by Gasteiger charge is 2.26. The smallest absolute Gasteiger partial charge is 0.195 e. The van der Waals surface area contributed by atoms with E-state index in [0.717, 1.165) is 37.0 Å². The molecule has 19 heavy (non-hydrogen) atoms. The van der Waals surface area contributed by atoms with Crippen LogP contribution in [-0.4, -0.2) is 25.8 Å². The molecule has 0 spiro atoms. The van der Waals surface area contributed by atoms with Gasteiger partial charge in [-0.05, 0) is 30.7 Å². The molecule has 1 fully saturated rings. The molecule has 1 atom stereocenters. The molecule has 1 aromatic rings. The van der Waals surface area contributed by atoms with Gasteiger partial charge < -0.3 is 0 Å². The Labute approximate surface area is 120 Å². The summed E-state index contributed by atoms with van der Waals surface area (Å²) in [6.45, 7) is 3.31. The monoisotopic (exact) mass is 302 g/mol. The van der Waals surface area contributed by atoms with Crippen LogP contribution in [0.5, 0.6) is 0 Å². The van der Waals surface area contributed by atoms with Crippen molar-refractivity contribution in [1.29, 1.82) is 0 Å². The third-order valence-electron chi connectivity index (χ3n) is 3.49. The second kappa shape index (κ2) is 6.83. The van der Waals surface area contributed by atoms with Gasteiger partial charge in [0.15, 0.2) is 0 Å². The van der Waals surface area contributed by atoms with Crippen molar-refractivity contribution >= 4 is 21.5 Å². The Bertz CT molecular complexity index is 463. The van der Waals surface area contributed by atoms with Gasteiger partial charge in [-0.2, -0.15) is 17.4 Å². The van der Waals surface area contributed by atoms with Gasteiger partial charge in [-0.25, -0.2) is 0 Å². The third-order valence-corrected chi connectivity index (χ3v) is 6.10. The van der Waals surface area contributed by atoms with E-state index in [9.17, 15) is 8.42 Å². The fourth-order valence-electron chi connectivity index (χ4n) is 2.37. The van der Waals surface area contributed by atoms with Gasteiger partial charge in [0.05, 0.1) is 6.04 Å². The Balaban J connectivity index is 2.06. The summed E-state index contributed by atoms with van der Waals surface area (Å²) in [6, 6.07) is 3.85. The van der Waals surface area contributed by atoms with Crippen molar-refractivity contribution in [3.05, 3.63) is 22.4 Å². The molecule has 1 aliphatic rings. The molecule has 1 unspecified atom stereocenters. The third kappa shape index (κ3) is 4.02. The van der Waals surface area contributed by atoms with Gasteiger partial charge in [0.25, 0.3) is 10.2 Å². The second-order valence-electron chi connectivity index (χ2n) is 4.91. The van der Waals surface area contributed by atoms with Crippen LogP contribution in [0.2, 0.25) is 0 Å². The number of nitrogens with zero attached hydrogens (tertiary/aromatic N) is 1. The molecule has 0 radical (unpaired) electrons. The van der Waals surface area contributed by atoms with Crippen molar-refractivity contribution in [3.8, 4) is 0 Å². The summed E-state index contributed by atoms with van der Waals surface area (Å²) in [5.41, 5.74) is 0. The van der Waals surface area contributed by atoms with E-state index in [-0.39, 0.29) is 6.04 Å². The van der Waals surface area contributed by atoms with Crippen molar-refractivity contribution in [3.63, 3.8) is 0 Å². The van der Waals surface area contributed by atoms with Crippen LogP contribution < -0.4 is 4.72 Å². The quantitative estimate of drug-likeness (QED) is 0.909. The van der Waals surface area contributed by atoms with Crippen molar-refractivity contribution in [2.45, 2.75) is 45.1 Å². The maximum Gasteiger partial charge on any atom is 0.280 e. The number of hydrogen-bond acceptors (Lipinski definition) is 3. The predicted octanol–water partition coefficient (Wildman–Crippen LogP) is 2.91. The SMILES string of the molecule is CCC(NS(=O)(=O)N1CCCCCC1)c1cccs1. The highest BCUT2D eigenvalue weighted by molar-refractivity contribution is 7.87. The minimum absolute atomic E-state index is 0.103. The molecular weight excluding hydrogens is 280 g/mol. The molecule has 0 bridgehead atoms. The maximum absolute atomic E-state index is 12.4. The number of nitrogens with one attached hydrogen (secondary N) is 1. The number of rotatable bonds is 5. The summed E-state index contributed by atoms with van der Waals surface area (Å²) < 4.78 is 29.3. The van der Waals surface area contributed by atoms with Gasteiger partial charge in [0.2, 0.25) is 0 Å². The minimum atomic E-state index is -3.35. The van der Waals surface area contributed by atoms with Crippen LogP contribution in [0.1, 0.15) is 49.9 Å². The zero-order valence-electron chi connectivity index (χ0n) is 11.3. The molecule has 2 rings (SSSR count). The van der Waals surface area contributed by atoms with Gasteiger partial charge in [-0.15, -0.1) is 11.3 Å². The lowest BCUT2D eigenvalue weighted by Crippen LogP contribution is -2.42. The molecule has 1 aromatic heterocycles. The lowest BCUT2D eigenvalue weighted by atomic mass is 10.2. The molecule has 1 aliphatic heterocycles. The Kier molecular flexibility index (Phi) is 5.38. The molecule has 1 N–H and O–H groups in total. The van der Waals surface area contributed by atoms with Crippen LogP contribution >= 0.6 is 11.3 Å². The molecule has 0 aromatic carbocycles. The zero-order valence-corrected chi connectivity index (χ0v) is 13.0. The van der Waals surface area contributed by atoms with Crippen molar-refractivity contribution in [2.24, 2.45) is 0 Å². The molecule has 0 aliphatic carbocycles. The average molecular weight is 302 g/mol. The van der Waals surface area contributed by atoms with E-state index in [0.29, 0.717) is 13.1 Å². The van der Waals surface area contributed by atoms with E-state index >= 15 is 0 Å². The second-order valence-corrected chi connectivity index (χ2v) is 7.59. The van der Waals surface area contributed by atoms with Crippen molar-refractivity contribution < 1.29 is 8.42 Å². The molecule has 1 saturated heterocycles. The van der Waals surface area contributed by atoms with Gasteiger partial charge in [-0.3, -0.25) is 0 Å². The van der Waals surface area contributed by atoms with E-state index < -0.39 is 10.2 Å². The van der Waals surface area contributed by atoms with E-state index in [2.05, 4.69) is 4.72 Å². The van der Waals surface area contributed by atoms with Crippen LogP contribution in [-0.2, 0) is 10.2 Å². The van der Waals surface area contributed by atoms with E-state index in [1.54, 1.807) is 15.6 Å². The molecule has 0 saturated carbocycles. The zero-order chi connectivity index (χ0) is 13.7. The van der Waals surface area contributed by atoms with Crippen LogP contribution in [0.15, 0.2) is 17.5 Å². The largest absolute Gasteiger partial charge is 0.280 e. The molecular formula is C13H22N2O2S2. The highest BCUT2D eigenvalue weighted by Crippen LogP contribution is 2.23. The van der Waals surface area contributed by atoms with Crippen molar-refractivity contribution in [2.75, 3.05) is 13.1 Å². The Hall–Kier alpha value is -0.430. The summed E-state index contributed by atoms with van der Waals surface area (Å²) in [5.74, 6) is 0. The first-order chi connectivity index (χ1) is 9.13. The van der Waals surface area contributed by atoms with Gasteiger partial charge in [0, 0.05) is 18.0 Å². The van der Waals surface area contributed by atoms with Crippen LogP contribution in [0, 0.1) is 0 Å². The molecule has 108 valence electrons. The van der Waals surface area contributed by atoms with E-state index in [1.807, 2.05) is 24.4 Å². The normalized spacial score (nSPS) is 20.1. The van der Waals surface area contributed by atoms with E-state index in [4.69, 9.17) is 0 Å². The number of hydrogen-bond donors (Lipinski definition) is 1. The molecule has 6 heteroatoms. The highest BCUT2D eigenvalue weighted by atomic mass is 32.2. The standard InChI is InChI=1S/C13H22N2O2S2/c1-2-12(13-8-7-11-18-13)14-19(16,17)15-9-5-3-4-6-10-15/h7-8,11-12,14H,2-6,9-10H2,1H3. The summed E-state index contributed by atoms with van der Waals surface area (Å²) >= 11 is 1.60. The lowest BCUT2D eigenvalue weighted by Gasteiger charge is -2.24. The Morgan fingerprint density at radius 2 is 2.00 bits per heavy atom. The first-order valence-corrected chi connectivity index (χ1v) is 9.26. The predicted molar refractivity (Wildman–Crippen MR) is 79.4 cm³/mol.